The molecule has 2 aromatic carbocycles. The van der Waals surface area contributed by atoms with Crippen LogP contribution in [0.5, 0.6) is 11.6 Å². The molecule has 0 spiro atoms. The number of alkyl halides is 3. The van der Waals surface area contributed by atoms with E-state index in [0.29, 0.717) is 43.4 Å². The Kier molecular flexibility index (Phi) is 8.39. The average Bonchev–Trinajstić information content (AvgIpc) is 3.37. The summed E-state index contributed by atoms with van der Waals surface area (Å²) in [5, 5.41) is 2.56. The zero-order valence-corrected chi connectivity index (χ0v) is 22.5. The molecule has 3 heterocycles. The Bertz CT molecular complexity index is 1410. The van der Waals surface area contributed by atoms with Crippen molar-refractivity contribution >= 4 is 23.4 Å². The van der Waals surface area contributed by atoms with E-state index < -0.39 is 17.8 Å². The van der Waals surface area contributed by atoms with Crippen LogP contribution in [-0.2, 0) is 28.7 Å². The van der Waals surface area contributed by atoms with Gasteiger partial charge in [0.25, 0.3) is 0 Å². The quantitative estimate of drug-likeness (QED) is 0.367. The lowest BCUT2D eigenvalue weighted by molar-refractivity contribution is -0.149. The molecule has 0 unspecified atom stereocenters. The van der Waals surface area contributed by atoms with Gasteiger partial charge < -0.3 is 14.8 Å². The van der Waals surface area contributed by atoms with E-state index in [1.165, 1.54) is 23.4 Å². The number of nitrogens with zero attached hydrogens (tertiary/aromatic N) is 4. The standard InChI is InChI=1S/C29H30F3N5O4/c1-2-40-27(38)19-8-11-36(12-9-19)17-23-16-26(34-18-33-23)41-24-6-7-25-20(14-24)10-13-37(25)28(39)35-22-5-3-4-21(15-22)29(30,31)32/h3-7,14-16,18-19H,2,8-13,17H2,1H3,(H,35,39). The number of rotatable bonds is 7. The number of hydrogen-bond acceptors (Lipinski definition) is 7. The number of piperidine rings is 1. The van der Waals surface area contributed by atoms with Crippen molar-refractivity contribution in [2.24, 2.45) is 5.92 Å². The number of ether oxygens (including phenoxy) is 2. The first-order chi connectivity index (χ1) is 19.7. The van der Waals surface area contributed by atoms with Crippen molar-refractivity contribution < 1.29 is 32.2 Å². The fraction of sp³-hybridized carbons (Fsp3) is 0.379. The number of benzene rings is 2. The average molecular weight is 570 g/mol. The number of carbonyl (C=O) groups excluding carboxylic acids is 2. The smallest absolute Gasteiger partial charge is 0.416 e. The first kappa shape index (κ1) is 28.3. The summed E-state index contributed by atoms with van der Waals surface area (Å²) in [6.07, 6.45) is -0.984. The number of likely N-dealkylation sites (tertiary alicyclic amines) is 1. The number of anilines is 2. The van der Waals surface area contributed by atoms with Gasteiger partial charge in [-0.1, -0.05) is 6.07 Å². The lowest BCUT2D eigenvalue weighted by Gasteiger charge is -2.30. The summed E-state index contributed by atoms with van der Waals surface area (Å²) in [5.74, 6) is 0.744. The van der Waals surface area contributed by atoms with Gasteiger partial charge in [0, 0.05) is 30.5 Å². The SMILES string of the molecule is CCOC(=O)C1CCN(Cc2cc(Oc3ccc4c(c3)CCN4C(=O)Nc3cccc(C(F)(F)F)c3)ncn2)CC1. The molecule has 1 N–H and O–H groups in total. The highest BCUT2D eigenvalue weighted by Gasteiger charge is 2.31. The first-order valence-corrected chi connectivity index (χ1v) is 13.5. The fourth-order valence-electron chi connectivity index (χ4n) is 5.07. The maximum atomic E-state index is 13.0. The van der Waals surface area contributed by atoms with Gasteiger partial charge >= 0.3 is 18.2 Å². The van der Waals surface area contributed by atoms with Gasteiger partial charge in [0.1, 0.15) is 12.1 Å². The Morgan fingerprint density at radius 2 is 1.85 bits per heavy atom. The molecule has 2 aliphatic rings. The van der Waals surface area contributed by atoms with Gasteiger partial charge in [-0.05, 0) is 81.2 Å². The van der Waals surface area contributed by atoms with Crippen molar-refractivity contribution in [2.45, 2.75) is 38.9 Å². The van der Waals surface area contributed by atoms with Crippen molar-refractivity contribution in [2.75, 3.05) is 36.5 Å². The molecule has 0 atom stereocenters. The molecule has 5 rings (SSSR count). The van der Waals surface area contributed by atoms with Crippen LogP contribution >= 0.6 is 0 Å². The van der Waals surface area contributed by atoms with Gasteiger partial charge in [0.2, 0.25) is 5.88 Å². The summed E-state index contributed by atoms with van der Waals surface area (Å²) in [4.78, 5) is 37.1. The molecule has 0 radical (unpaired) electrons. The van der Waals surface area contributed by atoms with E-state index in [0.717, 1.165) is 49.3 Å². The second-order valence-corrected chi connectivity index (χ2v) is 9.95. The third kappa shape index (κ3) is 6.94. The van der Waals surface area contributed by atoms with Crippen LogP contribution in [0.4, 0.5) is 29.3 Å². The molecule has 2 amide bonds. The number of hydrogen-bond donors (Lipinski definition) is 1. The number of amides is 2. The molecule has 1 saturated heterocycles. The predicted octanol–water partition coefficient (Wildman–Crippen LogP) is 5.66. The minimum atomic E-state index is -4.50. The van der Waals surface area contributed by atoms with Gasteiger partial charge in [0.15, 0.2) is 0 Å². The van der Waals surface area contributed by atoms with E-state index in [1.54, 1.807) is 18.2 Å². The number of nitrogens with one attached hydrogen (secondary N) is 1. The molecule has 1 fully saturated rings. The first-order valence-electron chi connectivity index (χ1n) is 13.5. The summed E-state index contributed by atoms with van der Waals surface area (Å²) < 4.78 is 50.2. The zero-order chi connectivity index (χ0) is 29.0. The fourth-order valence-corrected chi connectivity index (χ4v) is 5.07. The number of urea groups is 1. The van der Waals surface area contributed by atoms with Gasteiger partial charge in [0.05, 0.1) is 23.8 Å². The summed E-state index contributed by atoms with van der Waals surface area (Å²) in [7, 11) is 0. The van der Waals surface area contributed by atoms with Crippen LogP contribution in [0, 0.1) is 5.92 Å². The lowest BCUT2D eigenvalue weighted by Crippen LogP contribution is -2.36. The molecule has 1 aromatic heterocycles. The summed E-state index contributed by atoms with van der Waals surface area (Å²) >= 11 is 0. The highest BCUT2D eigenvalue weighted by Crippen LogP contribution is 2.34. The Labute approximate surface area is 235 Å². The second-order valence-electron chi connectivity index (χ2n) is 9.95. The third-order valence-electron chi connectivity index (χ3n) is 7.15. The zero-order valence-electron chi connectivity index (χ0n) is 22.5. The van der Waals surface area contributed by atoms with Crippen molar-refractivity contribution in [1.82, 2.24) is 14.9 Å². The van der Waals surface area contributed by atoms with Crippen LogP contribution in [0.15, 0.2) is 54.9 Å². The number of carbonyl (C=O) groups is 2. The van der Waals surface area contributed by atoms with E-state index in [-0.39, 0.29) is 17.6 Å². The topological polar surface area (TPSA) is 96.9 Å². The molecule has 41 heavy (non-hydrogen) atoms. The van der Waals surface area contributed by atoms with Crippen LogP contribution < -0.4 is 15.0 Å². The van der Waals surface area contributed by atoms with Gasteiger partial charge in [-0.3, -0.25) is 14.6 Å². The van der Waals surface area contributed by atoms with Crippen LogP contribution in [-0.4, -0.2) is 53.1 Å². The molecular weight excluding hydrogens is 539 g/mol. The van der Waals surface area contributed by atoms with Crippen molar-refractivity contribution in [3.63, 3.8) is 0 Å². The van der Waals surface area contributed by atoms with Crippen LogP contribution in [0.3, 0.4) is 0 Å². The predicted molar refractivity (Wildman–Crippen MR) is 145 cm³/mol. The van der Waals surface area contributed by atoms with E-state index in [4.69, 9.17) is 9.47 Å². The Hall–Kier alpha value is -4.19. The van der Waals surface area contributed by atoms with Crippen molar-refractivity contribution in [3.05, 3.63) is 71.7 Å². The van der Waals surface area contributed by atoms with Crippen LogP contribution in [0.2, 0.25) is 0 Å². The molecule has 0 bridgehead atoms. The molecule has 216 valence electrons. The Morgan fingerprint density at radius 3 is 2.61 bits per heavy atom. The van der Waals surface area contributed by atoms with Crippen LogP contribution in [0.25, 0.3) is 0 Å². The molecule has 12 heteroatoms. The largest absolute Gasteiger partial charge is 0.466 e. The summed E-state index contributed by atoms with van der Waals surface area (Å²) in [6.45, 7) is 4.73. The number of fused-ring (bicyclic) bond motifs is 1. The van der Waals surface area contributed by atoms with E-state index >= 15 is 0 Å². The van der Waals surface area contributed by atoms with Gasteiger partial charge in [-0.2, -0.15) is 13.2 Å². The Morgan fingerprint density at radius 1 is 1.05 bits per heavy atom. The summed E-state index contributed by atoms with van der Waals surface area (Å²) in [6, 6.07) is 11.1. The number of aromatic nitrogens is 2. The number of esters is 1. The maximum absolute atomic E-state index is 13.0. The second kappa shape index (κ2) is 12.1. The monoisotopic (exact) mass is 569 g/mol. The minimum Gasteiger partial charge on any atom is -0.466 e. The number of halogens is 3. The highest BCUT2D eigenvalue weighted by atomic mass is 19.4. The maximum Gasteiger partial charge on any atom is 0.416 e. The third-order valence-corrected chi connectivity index (χ3v) is 7.15. The van der Waals surface area contributed by atoms with E-state index in [1.807, 2.05) is 13.0 Å². The van der Waals surface area contributed by atoms with E-state index in [2.05, 4.69) is 20.2 Å². The van der Waals surface area contributed by atoms with Gasteiger partial charge in [-0.25, -0.2) is 14.8 Å². The molecular formula is C29H30F3N5O4. The highest BCUT2D eigenvalue weighted by molar-refractivity contribution is 6.03. The molecule has 0 saturated carbocycles. The van der Waals surface area contributed by atoms with Crippen LogP contribution in [0.1, 0.15) is 36.6 Å². The molecule has 2 aliphatic heterocycles. The molecule has 3 aromatic rings. The minimum absolute atomic E-state index is 0.0575. The molecule has 0 aliphatic carbocycles. The van der Waals surface area contributed by atoms with Crippen molar-refractivity contribution in [3.8, 4) is 11.6 Å². The normalized spacial score (nSPS) is 15.9. The Balaban J connectivity index is 1.18. The van der Waals surface area contributed by atoms with E-state index in [9.17, 15) is 22.8 Å². The lowest BCUT2D eigenvalue weighted by atomic mass is 9.97. The summed E-state index contributed by atoms with van der Waals surface area (Å²) in [5.41, 5.74) is 1.58. The van der Waals surface area contributed by atoms with Gasteiger partial charge in [-0.15, -0.1) is 0 Å². The molecule has 9 nitrogen and oxygen atoms in total. The van der Waals surface area contributed by atoms with Crippen molar-refractivity contribution in [1.29, 1.82) is 0 Å².